The molecule has 2 N–H and O–H groups in total. The van der Waals surface area contributed by atoms with E-state index < -0.39 is 0 Å². The summed E-state index contributed by atoms with van der Waals surface area (Å²) in [4.78, 5) is 13.6. The molecule has 30 heavy (non-hydrogen) atoms. The van der Waals surface area contributed by atoms with Gasteiger partial charge in [0.25, 0.3) is 0 Å². The third kappa shape index (κ3) is 5.17. The second-order valence-corrected chi connectivity index (χ2v) is 6.77. The number of hydrogen-bond donors (Lipinski definition) is 2. The minimum Gasteiger partial charge on any atom is -0.370 e. The van der Waals surface area contributed by atoms with Crippen molar-refractivity contribution >= 4 is 11.6 Å². The topological polar surface area (TPSA) is 62.7 Å². The number of benzene rings is 2. The van der Waals surface area contributed by atoms with Crippen molar-refractivity contribution in [2.24, 2.45) is 0 Å². The largest absolute Gasteiger partial charge is 0.370 e. The smallest absolute Gasteiger partial charge is 0.163 e. The van der Waals surface area contributed by atoms with Crippen LogP contribution in [0.15, 0.2) is 85.1 Å². The summed E-state index contributed by atoms with van der Waals surface area (Å²) in [6.07, 6.45) is 2.33. The van der Waals surface area contributed by atoms with E-state index in [1.165, 1.54) is 6.07 Å². The van der Waals surface area contributed by atoms with Gasteiger partial charge in [-0.2, -0.15) is 0 Å². The van der Waals surface area contributed by atoms with Crippen molar-refractivity contribution in [2.45, 2.75) is 13.0 Å². The summed E-state index contributed by atoms with van der Waals surface area (Å²) < 4.78 is 13.9. The summed E-state index contributed by atoms with van der Waals surface area (Å²) in [5, 5.41) is 6.61. The third-order valence-corrected chi connectivity index (χ3v) is 4.59. The first-order valence-electron chi connectivity index (χ1n) is 9.83. The molecule has 0 fully saturated rings. The van der Waals surface area contributed by atoms with Gasteiger partial charge in [-0.05, 0) is 30.2 Å². The summed E-state index contributed by atoms with van der Waals surface area (Å²) in [5.74, 6) is 1.81. The van der Waals surface area contributed by atoms with E-state index >= 15 is 0 Å². The van der Waals surface area contributed by atoms with E-state index in [4.69, 9.17) is 0 Å². The number of nitrogens with zero attached hydrogens (tertiary/aromatic N) is 3. The average Bonchev–Trinajstić information content (AvgIpc) is 2.80. The minimum atomic E-state index is -0.190. The highest BCUT2D eigenvalue weighted by molar-refractivity contribution is 5.61. The molecule has 0 aliphatic carbocycles. The van der Waals surface area contributed by atoms with E-state index in [0.29, 0.717) is 42.5 Å². The van der Waals surface area contributed by atoms with E-state index in [1.807, 2.05) is 60.7 Å². The lowest BCUT2D eigenvalue weighted by Gasteiger charge is -2.12. The monoisotopic (exact) mass is 399 g/mol. The maximum Gasteiger partial charge on any atom is 0.163 e. The first-order valence-corrected chi connectivity index (χ1v) is 9.83. The van der Waals surface area contributed by atoms with Crippen LogP contribution in [0.3, 0.4) is 0 Å². The fourth-order valence-corrected chi connectivity index (χ4v) is 3.05. The van der Waals surface area contributed by atoms with Crippen LogP contribution in [-0.4, -0.2) is 21.5 Å². The number of nitrogens with one attached hydrogen (secondary N) is 2. The van der Waals surface area contributed by atoms with E-state index in [9.17, 15) is 4.39 Å². The molecule has 0 unspecified atom stereocenters. The van der Waals surface area contributed by atoms with Gasteiger partial charge >= 0.3 is 0 Å². The van der Waals surface area contributed by atoms with Crippen LogP contribution in [0.1, 0.15) is 11.3 Å². The number of aromatic nitrogens is 3. The quantitative estimate of drug-likeness (QED) is 0.439. The Morgan fingerprint density at radius 1 is 0.767 bits per heavy atom. The molecule has 0 amide bonds. The molecular formula is C24H22FN5. The maximum absolute atomic E-state index is 13.9. The second-order valence-electron chi connectivity index (χ2n) is 6.77. The SMILES string of the molecule is Fc1ccccc1CCNc1cc(NCc2ccccn2)nc(-c2ccccc2)n1. The van der Waals surface area contributed by atoms with Crippen LogP contribution >= 0.6 is 0 Å². The molecule has 4 rings (SSSR count). The zero-order chi connectivity index (χ0) is 20.6. The van der Waals surface area contributed by atoms with E-state index in [0.717, 1.165) is 11.3 Å². The summed E-state index contributed by atoms with van der Waals surface area (Å²) in [7, 11) is 0. The number of anilines is 2. The predicted octanol–water partition coefficient (Wildman–Crippen LogP) is 4.94. The van der Waals surface area contributed by atoms with Gasteiger partial charge in [0.2, 0.25) is 0 Å². The van der Waals surface area contributed by atoms with Crippen LogP contribution in [0.4, 0.5) is 16.0 Å². The summed E-state index contributed by atoms with van der Waals surface area (Å²) in [6, 6.07) is 24.3. The highest BCUT2D eigenvalue weighted by atomic mass is 19.1. The van der Waals surface area contributed by atoms with Crippen LogP contribution in [0, 0.1) is 5.82 Å². The Morgan fingerprint density at radius 2 is 1.50 bits per heavy atom. The van der Waals surface area contributed by atoms with Gasteiger partial charge in [-0.1, -0.05) is 54.6 Å². The fraction of sp³-hybridized carbons (Fsp3) is 0.125. The van der Waals surface area contributed by atoms with Gasteiger partial charge in [-0.15, -0.1) is 0 Å². The molecule has 0 radical (unpaired) electrons. The highest BCUT2D eigenvalue weighted by Gasteiger charge is 2.08. The second kappa shape index (κ2) is 9.60. The van der Waals surface area contributed by atoms with E-state index in [1.54, 1.807) is 18.3 Å². The first-order chi connectivity index (χ1) is 14.8. The predicted molar refractivity (Wildman–Crippen MR) is 118 cm³/mol. The van der Waals surface area contributed by atoms with Crippen LogP contribution in [0.25, 0.3) is 11.4 Å². The fourth-order valence-electron chi connectivity index (χ4n) is 3.05. The van der Waals surface area contributed by atoms with Crippen LogP contribution < -0.4 is 10.6 Å². The van der Waals surface area contributed by atoms with Crippen LogP contribution in [0.2, 0.25) is 0 Å². The van der Waals surface area contributed by atoms with Gasteiger partial charge in [0.1, 0.15) is 17.5 Å². The molecule has 2 heterocycles. The standard InChI is InChI=1S/C24H22FN5/c25-21-12-5-4-8-18(21)13-15-27-22-16-23(28-17-20-11-6-7-14-26-20)30-24(29-22)19-9-2-1-3-10-19/h1-12,14,16H,13,15,17H2,(H2,27,28,29,30). The van der Waals surface area contributed by atoms with Crippen LogP contribution in [0.5, 0.6) is 0 Å². The lowest BCUT2D eigenvalue weighted by atomic mass is 10.1. The Kier molecular flexibility index (Phi) is 6.25. The molecule has 0 atom stereocenters. The zero-order valence-corrected chi connectivity index (χ0v) is 16.4. The number of pyridine rings is 1. The Hall–Kier alpha value is -3.80. The molecular weight excluding hydrogens is 377 g/mol. The Bertz CT molecular complexity index is 1090. The van der Waals surface area contributed by atoms with Crippen molar-refractivity contribution in [1.82, 2.24) is 15.0 Å². The highest BCUT2D eigenvalue weighted by Crippen LogP contribution is 2.20. The Morgan fingerprint density at radius 3 is 2.27 bits per heavy atom. The molecule has 0 spiro atoms. The molecule has 0 saturated carbocycles. The third-order valence-electron chi connectivity index (χ3n) is 4.59. The molecule has 4 aromatic rings. The van der Waals surface area contributed by atoms with Gasteiger partial charge in [0, 0.05) is 24.4 Å². The molecule has 0 aliphatic rings. The Balaban J connectivity index is 1.51. The molecule has 6 heteroatoms. The van der Waals surface area contributed by atoms with Crippen molar-refractivity contribution in [2.75, 3.05) is 17.2 Å². The van der Waals surface area contributed by atoms with Gasteiger partial charge in [-0.25, -0.2) is 14.4 Å². The molecule has 0 saturated heterocycles. The van der Waals surface area contributed by atoms with Crippen molar-refractivity contribution in [3.05, 3.63) is 102 Å². The lowest BCUT2D eigenvalue weighted by molar-refractivity contribution is 0.610. The maximum atomic E-state index is 13.9. The minimum absolute atomic E-state index is 0.190. The van der Waals surface area contributed by atoms with Gasteiger partial charge in [0.15, 0.2) is 5.82 Å². The van der Waals surface area contributed by atoms with Crippen molar-refractivity contribution in [3.63, 3.8) is 0 Å². The number of rotatable bonds is 8. The van der Waals surface area contributed by atoms with Gasteiger partial charge < -0.3 is 10.6 Å². The first kappa shape index (κ1) is 19.5. The van der Waals surface area contributed by atoms with E-state index in [2.05, 4.69) is 25.6 Å². The number of hydrogen-bond acceptors (Lipinski definition) is 5. The van der Waals surface area contributed by atoms with E-state index in [-0.39, 0.29) is 5.82 Å². The molecule has 0 aliphatic heterocycles. The molecule has 5 nitrogen and oxygen atoms in total. The van der Waals surface area contributed by atoms with Crippen molar-refractivity contribution < 1.29 is 4.39 Å². The average molecular weight is 399 g/mol. The Labute approximate surface area is 175 Å². The van der Waals surface area contributed by atoms with Crippen molar-refractivity contribution in [1.29, 1.82) is 0 Å². The zero-order valence-electron chi connectivity index (χ0n) is 16.4. The molecule has 2 aromatic heterocycles. The normalized spacial score (nSPS) is 10.6. The van der Waals surface area contributed by atoms with Gasteiger partial charge in [0.05, 0.1) is 12.2 Å². The molecule has 2 aromatic carbocycles. The number of halogens is 1. The lowest BCUT2D eigenvalue weighted by Crippen LogP contribution is -2.10. The summed E-state index contributed by atoms with van der Waals surface area (Å²) >= 11 is 0. The molecule has 0 bridgehead atoms. The van der Waals surface area contributed by atoms with Gasteiger partial charge in [-0.3, -0.25) is 4.98 Å². The summed E-state index contributed by atoms with van der Waals surface area (Å²) in [6.45, 7) is 1.12. The van der Waals surface area contributed by atoms with Crippen molar-refractivity contribution in [3.8, 4) is 11.4 Å². The summed E-state index contributed by atoms with van der Waals surface area (Å²) in [5.41, 5.74) is 2.53. The van der Waals surface area contributed by atoms with Crippen LogP contribution in [-0.2, 0) is 13.0 Å². The molecule has 150 valence electrons.